The van der Waals surface area contributed by atoms with Gasteiger partial charge >= 0.3 is 0 Å². The summed E-state index contributed by atoms with van der Waals surface area (Å²) in [4.78, 5) is 20.5. The van der Waals surface area contributed by atoms with Crippen LogP contribution in [-0.4, -0.2) is 31.0 Å². The van der Waals surface area contributed by atoms with Gasteiger partial charge in [0.2, 0.25) is 5.91 Å². The Balaban J connectivity index is 2.09. The van der Waals surface area contributed by atoms with E-state index >= 15 is 0 Å². The molecule has 6 nitrogen and oxygen atoms in total. The molecule has 0 spiro atoms. The predicted octanol–water partition coefficient (Wildman–Crippen LogP) is 3.28. The van der Waals surface area contributed by atoms with E-state index < -0.39 is 21.6 Å². The van der Waals surface area contributed by atoms with Gasteiger partial charge in [-0.25, -0.2) is 9.19 Å². The third-order valence-corrected chi connectivity index (χ3v) is 5.26. The molecule has 0 fully saturated rings. The van der Waals surface area contributed by atoms with Gasteiger partial charge in [-0.15, -0.1) is 0 Å². The van der Waals surface area contributed by atoms with Crippen LogP contribution in [-0.2, 0) is 11.0 Å². The number of fused-ring (bicyclic) bond motifs is 1. The standard InChI is InChI=1S/C20H20N4O2S/c1-20(2,3)27(26)23-12-15-11-17(19(21)25)16-10-14(4-5-18(16)24-15)13-6-8-22-9-7-13/h4-12H,1-3H3,(H2,21,25). The van der Waals surface area contributed by atoms with Crippen molar-refractivity contribution in [1.82, 2.24) is 9.97 Å². The number of carbonyl (C=O) groups is 1. The Morgan fingerprint density at radius 1 is 1.11 bits per heavy atom. The topological polar surface area (TPSA) is 98.3 Å². The fourth-order valence-corrected chi connectivity index (χ4v) is 3.02. The van der Waals surface area contributed by atoms with Crippen LogP contribution in [0.5, 0.6) is 0 Å². The predicted molar refractivity (Wildman–Crippen MR) is 109 cm³/mol. The quantitative estimate of drug-likeness (QED) is 0.702. The molecule has 7 heteroatoms. The second kappa shape index (κ2) is 7.36. The zero-order valence-electron chi connectivity index (χ0n) is 15.3. The number of pyridine rings is 2. The Kier molecular flexibility index (Phi) is 5.14. The van der Waals surface area contributed by atoms with Crippen molar-refractivity contribution < 1.29 is 9.00 Å². The van der Waals surface area contributed by atoms with E-state index in [4.69, 9.17) is 5.73 Å². The largest absolute Gasteiger partial charge is 0.366 e. The molecular formula is C20H20N4O2S. The van der Waals surface area contributed by atoms with Crippen LogP contribution in [0.25, 0.3) is 22.0 Å². The average Bonchev–Trinajstić information content (AvgIpc) is 2.64. The van der Waals surface area contributed by atoms with Crippen LogP contribution < -0.4 is 5.73 Å². The number of primary amides is 1. The molecule has 1 unspecified atom stereocenters. The van der Waals surface area contributed by atoms with Crippen molar-refractivity contribution in [3.63, 3.8) is 0 Å². The first-order valence-corrected chi connectivity index (χ1v) is 9.47. The molecule has 2 N–H and O–H groups in total. The molecule has 0 aliphatic heterocycles. The molecule has 138 valence electrons. The lowest BCUT2D eigenvalue weighted by Crippen LogP contribution is -2.19. The number of nitrogens with zero attached hydrogens (tertiary/aromatic N) is 3. The summed E-state index contributed by atoms with van der Waals surface area (Å²) in [7, 11) is -1.41. The van der Waals surface area contributed by atoms with E-state index in [1.165, 1.54) is 6.21 Å². The lowest BCUT2D eigenvalue weighted by molar-refractivity contribution is 0.100. The zero-order chi connectivity index (χ0) is 19.6. The lowest BCUT2D eigenvalue weighted by atomic mass is 10.0. The first-order chi connectivity index (χ1) is 12.8. The molecule has 2 aromatic heterocycles. The van der Waals surface area contributed by atoms with E-state index in [1.807, 2.05) is 51.1 Å². The number of amides is 1. The van der Waals surface area contributed by atoms with Crippen molar-refractivity contribution in [1.29, 1.82) is 0 Å². The Hall–Kier alpha value is -2.93. The number of nitrogens with two attached hydrogens (primary N) is 1. The van der Waals surface area contributed by atoms with Gasteiger partial charge in [-0.3, -0.25) is 9.78 Å². The van der Waals surface area contributed by atoms with Crippen molar-refractivity contribution in [2.45, 2.75) is 25.5 Å². The Morgan fingerprint density at radius 3 is 2.44 bits per heavy atom. The van der Waals surface area contributed by atoms with Gasteiger partial charge in [-0.05, 0) is 62.2 Å². The number of hydrogen-bond donors (Lipinski definition) is 1. The van der Waals surface area contributed by atoms with Gasteiger partial charge in [0.1, 0.15) is 11.0 Å². The molecule has 1 atom stereocenters. The summed E-state index contributed by atoms with van der Waals surface area (Å²) in [6, 6.07) is 11.0. The smallest absolute Gasteiger partial charge is 0.249 e. The minimum Gasteiger partial charge on any atom is -0.366 e. The maximum absolute atomic E-state index is 12.1. The summed E-state index contributed by atoms with van der Waals surface area (Å²) >= 11 is 0. The summed E-state index contributed by atoms with van der Waals surface area (Å²) in [5.74, 6) is -0.555. The van der Waals surface area contributed by atoms with E-state index in [-0.39, 0.29) is 0 Å². The van der Waals surface area contributed by atoms with Gasteiger partial charge in [0.05, 0.1) is 27.7 Å². The van der Waals surface area contributed by atoms with E-state index in [1.54, 1.807) is 18.5 Å². The van der Waals surface area contributed by atoms with Crippen LogP contribution in [0.1, 0.15) is 36.8 Å². The average molecular weight is 380 g/mol. The first kappa shape index (κ1) is 18.8. The Morgan fingerprint density at radius 2 is 1.81 bits per heavy atom. The van der Waals surface area contributed by atoms with E-state index in [9.17, 15) is 9.00 Å². The summed E-state index contributed by atoms with van der Waals surface area (Å²) in [5.41, 5.74) is 8.90. The highest BCUT2D eigenvalue weighted by atomic mass is 32.2. The van der Waals surface area contributed by atoms with Crippen LogP contribution in [0.3, 0.4) is 0 Å². The van der Waals surface area contributed by atoms with Crippen LogP contribution in [0, 0.1) is 0 Å². The molecule has 0 aliphatic carbocycles. The van der Waals surface area contributed by atoms with Crippen molar-refractivity contribution in [2.75, 3.05) is 0 Å². The highest BCUT2D eigenvalue weighted by Crippen LogP contribution is 2.26. The fourth-order valence-electron chi connectivity index (χ4n) is 2.50. The monoisotopic (exact) mass is 380 g/mol. The van der Waals surface area contributed by atoms with Gasteiger partial charge in [0.15, 0.2) is 0 Å². The Labute approximate surface area is 160 Å². The molecule has 2 heterocycles. The van der Waals surface area contributed by atoms with Crippen molar-refractivity contribution in [2.24, 2.45) is 10.1 Å². The second-order valence-electron chi connectivity index (χ2n) is 7.02. The van der Waals surface area contributed by atoms with E-state index in [0.29, 0.717) is 22.2 Å². The molecule has 0 radical (unpaired) electrons. The summed E-state index contributed by atoms with van der Waals surface area (Å²) < 4.78 is 15.7. The highest BCUT2D eigenvalue weighted by Gasteiger charge is 2.18. The molecule has 1 amide bonds. The number of carbonyl (C=O) groups excluding carboxylic acids is 1. The number of aromatic nitrogens is 2. The van der Waals surface area contributed by atoms with Crippen molar-refractivity contribution in [3.05, 3.63) is 60.0 Å². The third kappa shape index (κ3) is 4.25. The van der Waals surface area contributed by atoms with Crippen molar-refractivity contribution in [3.8, 4) is 11.1 Å². The highest BCUT2D eigenvalue weighted by molar-refractivity contribution is 7.85. The number of benzene rings is 1. The van der Waals surface area contributed by atoms with Gasteiger partial charge in [0, 0.05) is 17.8 Å². The minimum atomic E-state index is -1.41. The van der Waals surface area contributed by atoms with Crippen LogP contribution in [0.2, 0.25) is 0 Å². The number of rotatable bonds is 4. The van der Waals surface area contributed by atoms with Crippen LogP contribution >= 0.6 is 0 Å². The molecule has 0 saturated carbocycles. The molecule has 0 aliphatic rings. The second-order valence-corrected chi connectivity index (χ2v) is 8.96. The normalized spacial score (nSPS) is 13.1. The lowest BCUT2D eigenvalue weighted by Gasteiger charge is -2.12. The number of hydrogen-bond acceptors (Lipinski definition) is 4. The molecule has 3 rings (SSSR count). The zero-order valence-corrected chi connectivity index (χ0v) is 16.2. The fraction of sp³-hybridized carbons (Fsp3) is 0.200. The summed E-state index contributed by atoms with van der Waals surface area (Å²) in [5, 5.41) is 0.658. The Bertz CT molecular complexity index is 1060. The van der Waals surface area contributed by atoms with Gasteiger partial charge < -0.3 is 5.73 Å². The SMILES string of the molecule is CC(C)(C)S(=O)N=Cc1cc(C(N)=O)c2cc(-c3ccncc3)ccc2n1. The van der Waals surface area contributed by atoms with Crippen LogP contribution in [0.4, 0.5) is 0 Å². The first-order valence-electron chi connectivity index (χ1n) is 8.37. The minimum absolute atomic E-state index is 0.346. The molecule has 27 heavy (non-hydrogen) atoms. The summed E-state index contributed by atoms with van der Waals surface area (Å²) in [6.07, 6.45) is 4.84. The summed E-state index contributed by atoms with van der Waals surface area (Å²) in [6.45, 7) is 5.51. The van der Waals surface area contributed by atoms with Crippen molar-refractivity contribution >= 4 is 34.0 Å². The molecule has 1 aromatic carbocycles. The van der Waals surface area contributed by atoms with E-state index in [2.05, 4.69) is 14.4 Å². The third-order valence-electron chi connectivity index (χ3n) is 3.91. The van der Waals surface area contributed by atoms with Gasteiger partial charge in [0.25, 0.3) is 0 Å². The van der Waals surface area contributed by atoms with Gasteiger partial charge in [-0.2, -0.15) is 4.40 Å². The molecular weight excluding hydrogens is 360 g/mol. The van der Waals surface area contributed by atoms with E-state index in [0.717, 1.165) is 11.1 Å². The van der Waals surface area contributed by atoms with Crippen LogP contribution in [0.15, 0.2) is 53.2 Å². The maximum atomic E-state index is 12.1. The maximum Gasteiger partial charge on any atom is 0.249 e. The molecule has 3 aromatic rings. The molecule has 0 bridgehead atoms. The van der Waals surface area contributed by atoms with Gasteiger partial charge in [-0.1, -0.05) is 6.07 Å². The molecule has 0 saturated heterocycles.